The molecule has 0 bridgehead atoms. The zero-order valence-corrected chi connectivity index (χ0v) is 16.2. The van der Waals surface area contributed by atoms with Crippen molar-refractivity contribution >= 4 is 11.5 Å². The molecule has 0 amide bonds. The molecule has 1 aromatic carbocycles. The topological polar surface area (TPSA) is 68.2 Å². The van der Waals surface area contributed by atoms with E-state index in [0.29, 0.717) is 23.4 Å². The third-order valence-corrected chi connectivity index (χ3v) is 6.43. The summed E-state index contributed by atoms with van der Waals surface area (Å²) in [5.74, 6) is 3.11. The van der Waals surface area contributed by atoms with Gasteiger partial charge in [0.15, 0.2) is 17.3 Å². The minimum Gasteiger partial charge on any atom is -0.450 e. The van der Waals surface area contributed by atoms with Crippen molar-refractivity contribution < 1.29 is 4.74 Å². The number of hydrogen-bond donors (Lipinski definition) is 2. The minimum atomic E-state index is -0.196. The monoisotopic (exact) mass is 380 g/mol. The van der Waals surface area contributed by atoms with E-state index < -0.39 is 0 Å². The fourth-order valence-electron chi connectivity index (χ4n) is 4.81. The molecule has 28 heavy (non-hydrogen) atoms. The van der Waals surface area contributed by atoms with Crippen molar-refractivity contribution in [3.8, 4) is 11.5 Å². The van der Waals surface area contributed by atoms with Crippen LogP contribution in [0, 0.1) is 5.92 Å². The molecule has 0 unspecified atom stereocenters. The van der Waals surface area contributed by atoms with Gasteiger partial charge in [-0.05, 0) is 68.3 Å². The predicted molar refractivity (Wildman–Crippen MR) is 110 cm³/mol. The Morgan fingerprint density at radius 3 is 2.71 bits per heavy atom. The van der Waals surface area contributed by atoms with Crippen LogP contribution in [-0.4, -0.2) is 22.6 Å². The lowest BCUT2D eigenvalue weighted by atomic mass is 9.89. The lowest BCUT2D eigenvalue weighted by molar-refractivity contribution is 0.312. The molecule has 2 fully saturated rings. The van der Waals surface area contributed by atoms with Crippen molar-refractivity contribution in [1.82, 2.24) is 14.9 Å². The first-order chi connectivity index (χ1) is 13.8. The van der Waals surface area contributed by atoms with Crippen molar-refractivity contribution in [1.29, 1.82) is 0 Å². The summed E-state index contributed by atoms with van der Waals surface area (Å²) >= 11 is 0. The van der Waals surface area contributed by atoms with Crippen LogP contribution in [0.3, 0.4) is 0 Å². The number of benzene rings is 1. The number of hydrogen-bond acceptors (Lipinski definition) is 5. The SMILES string of the molecule is O=c1nc2c(cn1CC1CCCCC1)Oc1ccc(C3CCNCC3)cc1N2. The molecule has 2 N–H and O–H groups in total. The maximum absolute atomic E-state index is 12.5. The molecular formula is C22H28N4O2. The fraction of sp³-hybridized carbons (Fsp3) is 0.545. The van der Waals surface area contributed by atoms with Gasteiger partial charge in [-0.2, -0.15) is 4.98 Å². The zero-order valence-electron chi connectivity index (χ0n) is 16.2. The van der Waals surface area contributed by atoms with E-state index in [-0.39, 0.29) is 5.69 Å². The molecule has 5 rings (SSSR count). The van der Waals surface area contributed by atoms with Gasteiger partial charge in [-0.25, -0.2) is 4.79 Å². The van der Waals surface area contributed by atoms with Gasteiger partial charge < -0.3 is 15.4 Å². The fourth-order valence-corrected chi connectivity index (χ4v) is 4.81. The zero-order chi connectivity index (χ0) is 18.9. The third kappa shape index (κ3) is 3.53. The van der Waals surface area contributed by atoms with E-state index in [1.807, 2.05) is 12.3 Å². The number of piperidine rings is 1. The van der Waals surface area contributed by atoms with Crippen LogP contribution in [0.4, 0.5) is 11.5 Å². The molecule has 2 aromatic rings. The van der Waals surface area contributed by atoms with E-state index in [0.717, 1.165) is 43.9 Å². The maximum Gasteiger partial charge on any atom is 0.349 e. The van der Waals surface area contributed by atoms with Gasteiger partial charge in [0.05, 0.1) is 11.9 Å². The summed E-state index contributed by atoms with van der Waals surface area (Å²) < 4.78 is 7.83. The number of rotatable bonds is 3. The summed E-state index contributed by atoms with van der Waals surface area (Å²) in [4.78, 5) is 16.8. The summed E-state index contributed by atoms with van der Waals surface area (Å²) in [6.45, 7) is 2.87. The van der Waals surface area contributed by atoms with Gasteiger partial charge >= 0.3 is 5.69 Å². The van der Waals surface area contributed by atoms with Gasteiger partial charge in [0.25, 0.3) is 0 Å². The van der Waals surface area contributed by atoms with Gasteiger partial charge in [-0.3, -0.25) is 4.57 Å². The molecule has 0 spiro atoms. The van der Waals surface area contributed by atoms with E-state index in [1.165, 1.54) is 37.7 Å². The number of aromatic nitrogens is 2. The summed E-state index contributed by atoms with van der Waals surface area (Å²) in [5.41, 5.74) is 2.03. The van der Waals surface area contributed by atoms with Crippen molar-refractivity contribution in [3.05, 3.63) is 40.4 Å². The Hall–Kier alpha value is -2.34. The second-order valence-electron chi connectivity index (χ2n) is 8.40. The standard InChI is InChI=1S/C22H28N4O2/c27-22-25-21-20(14-26(22)13-15-4-2-1-3-5-15)28-19-7-6-17(12-18(19)24-21)16-8-10-23-11-9-16/h6-7,12,14-16,23H,1-5,8-11,13H2,(H,24,25,27). The third-order valence-electron chi connectivity index (χ3n) is 6.43. The van der Waals surface area contributed by atoms with E-state index >= 15 is 0 Å². The molecule has 148 valence electrons. The Kier molecular flexibility index (Phi) is 4.81. The average Bonchev–Trinajstić information content (AvgIpc) is 2.74. The molecule has 1 aliphatic carbocycles. The average molecular weight is 380 g/mol. The number of ether oxygens (including phenoxy) is 1. The molecule has 0 radical (unpaired) electrons. The maximum atomic E-state index is 12.5. The van der Waals surface area contributed by atoms with E-state index in [9.17, 15) is 4.79 Å². The Labute approximate surface area is 165 Å². The van der Waals surface area contributed by atoms with Crippen LogP contribution in [-0.2, 0) is 6.54 Å². The molecule has 1 aromatic heterocycles. The molecular weight excluding hydrogens is 352 g/mol. The highest BCUT2D eigenvalue weighted by molar-refractivity contribution is 5.73. The van der Waals surface area contributed by atoms with Gasteiger partial charge in [-0.1, -0.05) is 25.3 Å². The number of nitrogens with one attached hydrogen (secondary N) is 2. The first-order valence-electron chi connectivity index (χ1n) is 10.7. The molecule has 0 atom stereocenters. The second kappa shape index (κ2) is 7.59. The lowest BCUT2D eigenvalue weighted by Gasteiger charge is -2.26. The largest absolute Gasteiger partial charge is 0.450 e. The Bertz CT molecular complexity index is 911. The quantitative estimate of drug-likeness (QED) is 0.715. The molecule has 2 aliphatic heterocycles. The summed E-state index contributed by atoms with van der Waals surface area (Å²) in [5, 5.41) is 6.74. The van der Waals surface area contributed by atoms with Crippen LogP contribution >= 0.6 is 0 Å². The van der Waals surface area contributed by atoms with Gasteiger partial charge in [0.1, 0.15) is 0 Å². The van der Waals surface area contributed by atoms with Gasteiger partial charge in [0.2, 0.25) is 0 Å². The normalized spacial score (nSPS) is 20.0. The van der Waals surface area contributed by atoms with E-state index in [4.69, 9.17) is 4.74 Å². The van der Waals surface area contributed by atoms with Crippen molar-refractivity contribution in [2.75, 3.05) is 18.4 Å². The van der Waals surface area contributed by atoms with Gasteiger partial charge in [0, 0.05) is 6.54 Å². The highest BCUT2D eigenvalue weighted by Crippen LogP contribution is 2.42. The number of anilines is 2. The first kappa shape index (κ1) is 17.7. The summed E-state index contributed by atoms with van der Waals surface area (Å²) in [6.07, 6.45) is 10.4. The minimum absolute atomic E-state index is 0.196. The van der Waals surface area contributed by atoms with Crippen molar-refractivity contribution in [3.63, 3.8) is 0 Å². The predicted octanol–water partition coefficient (Wildman–Crippen LogP) is 4.14. The van der Waals surface area contributed by atoms with Crippen molar-refractivity contribution in [2.45, 2.75) is 57.4 Å². The molecule has 6 nitrogen and oxygen atoms in total. The van der Waals surface area contributed by atoms with Crippen LogP contribution < -0.4 is 21.1 Å². The molecule has 1 saturated heterocycles. The van der Waals surface area contributed by atoms with Crippen LogP contribution in [0.2, 0.25) is 0 Å². The summed E-state index contributed by atoms with van der Waals surface area (Å²) in [6, 6.07) is 6.37. The Morgan fingerprint density at radius 2 is 1.89 bits per heavy atom. The molecule has 3 heterocycles. The van der Waals surface area contributed by atoms with E-state index in [1.54, 1.807) is 4.57 Å². The number of nitrogens with zero attached hydrogens (tertiary/aromatic N) is 2. The Balaban J connectivity index is 1.37. The summed E-state index contributed by atoms with van der Waals surface area (Å²) in [7, 11) is 0. The Morgan fingerprint density at radius 1 is 1.07 bits per heavy atom. The molecule has 3 aliphatic rings. The van der Waals surface area contributed by atoms with Crippen LogP contribution in [0.5, 0.6) is 11.5 Å². The first-order valence-corrected chi connectivity index (χ1v) is 10.7. The number of fused-ring (bicyclic) bond motifs is 2. The van der Waals surface area contributed by atoms with Gasteiger partial charge in [-0.15, -0.1) is 0 Å². The smallest absolute Gasteiger partial charge is 0.349 e. The van der Waals surface area contributed by atoms with Crippen molar-refractivity contribution in [2.24, 2.45) is 5.92 Å². The highest BCUT2D eigenvalue weighted by Gasteiger charge is 2.23. The van der Waals surface area contributed by atoms with Crippen LogP contribution in [0.1, 0.15) is 56.4 Å². The lowest BCUT2D eigenvalue weighted by Crippen LogP contribution is -2.28. The van der Waals surface area contributed by atoms with Crippen LogP contribution in [0.25, 0.3) is 0 Å². The second-order valence-corrected chi connectivity index (χ2v) is 8.40. The molecule has 1 saturated carbocycles. The molecule has 6 heteroatoms. The van der Waals surface area contributed by atoms with Crippen LogP contribution in [0.15, 0.2) is 29.2 Å². The highest BCUT2D eigenvalue weighted by atomic mass is 16.5. The van der Waals surface area contributed by atoms with E-state index in [2.05, 4.69) is 27.8 Å².